The maximum atomic E-state index is 12.8. The number of hydrazine groups is 2. The van der Waals surface area contributed by atoms with Crippen LogP contribution in [0.2, 0.25) is 0 Å². The maximum Gasteiger partial charge on any atom is 0.220 e. The number of ether oxygens (including phenoxy) is 2. The second kappa shape index (κ2) is 10.9. The number of carbonyl (C=O) groups is 1. The molecule has 3 N–H and O–H groups in total. The summed E-state index contributed by atoms with van der Waals surface area (Å²) in [6, 6.07) is 14.0. The zero-order chi connectivity index (χ0) is 23.2. The summed E-state index contributed by atoms with van der Waals surface area (Å²) in [7, 11) is 0. The summed E-state index contributed by atoms with van der Waals surface area (Å²) in [5.41, 5.74) is 9.05. The first-order valence-corrected chi connectivity index (χ1v) is 12.2. The third-order valence-corrected chi connectivity index (χ3v) is 6.31. The molecule has 9 nitrogen and oxygen atoms in total. The number of likely N-dealkylation sites (tertiary alicyclic amines) is 1. The van der Waals surface area contributed by atoms with Crippen molar-refractivity contribution < 1.29 is 19.1 Å². The molecular formula is C25H33N5O4. The molecule has 0 bridgehead atoms. The molecule has 3 heterocycles. The van der Waals surface area contributed by atoms with Gasteiger partial charge < -0.3 is 19.7 Å². The lowest BCUT2D eigenvalue weighted by molar-refractivity contribution is -0.122. The molecule has 1 amide bonds. The van der Waals surface area contributed by atoms with Crippen LogP contribution in [0.5, 0.6) is 11.5 Å². The zero-order valence-corrected chi connectivity index (χ0v) is 19.4. The van der Waals surface area contributed by atoms with Gasteiger partial charge in [0.15, 0.2) is 11.5 Å². The number of anilines is 2. The molecule has 182 valence electrons. The molecule has 2 aromatic rings. The Labute approximate surface area is 200 Å². The topological polar surface area (TPSA) is 87.3 Å². The molecule has 2 aromatic carbocycles. The van der Waals surface area contributed by atoms with Crippen LogP contribution in [0, 0.1) is 0 Å². The third-order valence-electron chi connectivity index (χ3n) is 6.31. The van der Waals surface area contributed by atoms with Gasteiger partial charge in [-0.3, -0.25) is 15.1 Å². The largest absolute Gasteiger partial charge is 0.486 e. The lowest BCUT2D eigenvalue weighted by Gasteiger charge is -2.25. The van der Waals surface area contributed by atoms with Gasteiger partial charge in [0.2, 0.25) is 5.91 Å². The van der Waals surface area contributed by atoms with Crippen molar-refractivity contribution in [2.45, 2.75) is 38.1 Å². The molecule has 3 aliphatic rings. The van der Waals surface area contributed by atoms with Crippen molar-refractivity contribution in [3.05, 3.63) is 48.0 Å². The smallest absolute Gasteiger partial charge is 0.220 e. The highest BCUT2D eigenvalue weighted by Gasteiger charge is 2.22. The molecule has 0 saturated carbocycles. The molecule has 1 saturated heterocycles. The van der Waals surface area contributed by atoms with Crippen LogP contribution in [-0.2, 0) is 16.1 Å². The summed E-state index contributed by atoms with van der Waals surface area (Å²) in [6.07, 6.45) is 4.26. The molecule has 0 radical (unpaired) electrons. The quantitative estimate of drug-likeness (QED) is 0.460. The predicted octanol–water partition coefficient (Wildman–Crippen LogP) is 2.64. The fourth-order valence-electron chi connectivity index (χ4n) is 4.66. The molecule has 5 rings (SSSR count). The van der Waals surface area contributed by atoms with Gasteiger partial charge in [0, 0.05) is 19.0 Å². The number of nitrogens with zero attached hydrogens (tertiary/aromatic N) is 2. The van der Waals surface area contributed by atoms with E-state index in [1.165, 1.54) is 12.8 Å². The minimum absolute atomic E-state index is 0.0467. The van der Waals surface area contributed by atoms with Crippen molar-refractivity contribution in [2.24, 2.45) is 0 Å². The first-order valence-electron chi connectivity index (χ1n) is 12.2. The summed E-state index contributed by atoms with van der Waals surface area (Å²) >= 11 is 0. The van der Waals surface area contributed by atoms with Gasteiger partial charge in [0.25, 0.3) is 0 Å². The molecular weight excluding hydrogens is 434 g/mol. The Hall–Kier alpha value is -3.01. The highest BCUT2D eigenvalue weighted by atomic mass is 16.7. The summed E-state index contributed by atoms with van der Waals surface area (Å²) in [6.45, 7) is 4.65. The Morgan fingerprint density at radius 1 is 1.09 bits per heavy atom. The number of hydrogen-bond acceptors (Lipinski definition) is 8. The van der Waals surface area contributed by atoms with Crippen molar-refractivity contribution in [1.29, 1.82) is 0 Å². The van der Waals surface area contributed by atoms with Crippen molar-refractivity contribution >= 4 is 17.3 Å². The van der Waals surface area contributed by atoms with E-state index in [-0.39, 0.29) is 11.9 Å². The molecule has 9 heteroatoms. The van der Waals surface area contributed by atoms with Crippen molar-refractivity contribution in [2.75, 3.05) is 50.1 Å². The molecule has 34 heavy (non-hydrogen) atoms. The monoisotopic (exact) mass is 467 g/mol. The Morgan fingerprint density at radius 2 is 1.91 bits per heavy atom. The van der Waals surface area contributed by atoms with Gasteiger partial charge in [-0.15, -0.1) is 5.53 Å². The Morgan fingerprint density at radius 3 is 2.79 bits per heavy atom. The molecule has 1 fully saturated rings. The number of fused-ring (bicyclic) bond motifs is 2. The van der Waals surface area contributed by atoms with E-state index in [1.54, 1.807) is 5.17 Å². The van der Waals surface area contributed by atoms with Crippen molar-refractivity contribution in [1.82, 2.24) is 15.8 Å². The minimum Gasteiger partial charge on any atom is -0.486 e. The number of nitrogens with one attached hydrogen (secondary N) is 3. The van der Waals surface area contributed by atoms with Crippen LogP contribution >= 0.6 is 0 Å². The van der Waals surface area contributed by atoms with Gasteiger partial charge in [-0.25, -0.2) is 0 Å². The summed E-state index contributed by atoms with van der Waals surface area (Å²) < 4.78 is 11.4. The summed E-state index contributed by atoms with van der Waals surface area (Å²) in [4.78, 5) is 21.0. The fraction of sp³-hybridized carbons (Fsp3) is 0.480. The average molecular weight is 468 g/mol. The van der Waals surface area contributed by atoms with Gasteiger partial charge >= 0.3 is 0 Å². The van der Waals surface area contributed by atoms with Gasteiger partial charge in [-0.1, -0.05) is 18.2 Å². The molecule has 0 spiro atoms. The molecule has 1 atom stereocenters. The van der Waals surface area contributed by atoms with Crippen LogP contribution < -0.4 is 30.9 Å². The van der Waals surface area contributed by atoms with E-state index in [2.05, 4.69) is 27.2 Å². The maximum absolute atomic E-state index is 12.8. The first-order chi connectivity index (χ1) is 16.7. The van der Waals surface area contributed by atoms with E-state index in [1.807, 2.05) is 36.4 Å². The van der Waals surface area contributed by atoms with Crippen LogP contribution in [-0.4, -0.2) is 56.3 Å². The minimum atomic E-state index is 0.0467. The Kier molecular flexibility index (Phi) is 7.33. The van der Waals surface area contributed by atoms with E-state index in [0.29, 0.717) is 32.7 Å². The molecule has 1 unspecified atom stereocenters. The van der Waals surface area contributed by atoms with E-state index in [9.17, 15) is 4.79 Å². The Bertz CT molecular complexity index is 982. The SMILES string of the molecule is O=C(CCCON1NNc2ccccc21)NC(Cc1ccc2c(c1)OCCO2)CN1CCCC1. The summed E-state index contributed by atoms with van der Waals surface area (Å²) in [5.74, 6) is 1.64. The third kappa shape index (κ3) is 5.72. The lowest BCUT2D eigenvalue weighted by Crippen LogP contribution is -2.44. The van der Waals surface area contributed by atoms with E-state index >= 15 is 0 Å². The van der Waals surface area contributed by atoms with Gasteiger partial charge in [-0.05, 0) is 68.6 Å². The van der Waals surface area contributed by atoms with Gasteiger partial charge in [-0.2, -0.15) is 5.17 Å². The average Bonchev–Trinajstić information content (AvgIpc) is 3.52. The lowest BCUT2D eigenvalue weighted by atomic mass is 10.0. The summed E-state index contributed by atoms with van der Waals surface area (Å²) in [5, 5.41) is 4.87. The number of rotatable bonds is 10. The molecule has 0 aliphatic carbocycles. The standard InChI is InChI=1S/C25H33N5O4/c31-25(8-5-13-34-30-22-7-2-1-6-21(22)27-28-30)26-20(18-29-11-3-4-12-29)16-19-9-10-23-24(17-19)33-15-14-32-23/h1-2,6-7,9-10,17,20,27-28H,3-5,8,11-16,18H2,(H,26,31). The van der Waals surface area contributed by atoms with E-state index in [4.69, 9.17) is 14.3 Å². The van der Waals surface area contributed by atoms with Crippen LogP contribution in [0.3, 0.4) is 0 Å². The highest BCUT2D eigenvalue weighted by molar-refractivity contribution is 5.76. The van der Waals surface area contributed by atoms with Crippen molar-refractivity contribution in [3.63, 3.8) is 0 Å². The number of carbonyl (C=O) groups excluding carboxylic acids is 1. The normalized spacial score (nSPS) is 17.8. The second-order valence-corrected chi connectivity index (χ2v) is 8.94. The fourth-order valence-corrected chi connectivity index (χ4v) is 4.66. The first kappa shape index (κ1) is 22.8. The van der Waals surface area contributed by atoms with E-state index < -0.39 is 0 Å². The van der Waals surface area contributed by atoms with Crippen molar-refractivity contribution in [3.8, 4) is 11.5 Å². The number of benzene rings is 2. The van der Waals surface area contributed by atoms with Crippen LogP contribution in [0.1, 0.15) is 31.2 Å². The molecule has 0 aromatic heterocycles. The van der Waals surface area contributed by atoms with E-state index in [0.717, 1.165) is 54.5 Å². The highest BCUT2D eigenvalue weighted by Crippen LogP contribution is 2.31. The molecule has 3 aliphatic heterocycles. The van der Waals surface area contributed by atoms with Gasteiger partial charge in [0.05, 0.1) is 12.3 Å². The Balaban J connectivity index is 1.12. The van der Waals surface area contributed by atoms with Crippen LogP contribution in [0.15, 0.2) is 42.5 Å². The number of para-hydroxylation sites is 2. The number of amides is 1. The predicted molar refractivity (Wildman–Crippen MR) is 130 cm³/mol. The number of hydrogen-bond donors (Lipinski definition) is 3. The van der Waals surface area contributed by atoms with Gasteiger partial charge in [0.1, 0.15) is 18.9 Å². The van der Waals surface area contributed by atoms with Crippen LogP contribution in [0.25, 0.3) is 0 Å². The second-order valence-electron chi connectivity index (χ2n) is 8.94. The van der Waals surface area contributed by atoms with Crippen LogP contribution in [0.4, 0.5) is 11.4 Å². The zero-order valence-electron chi connectivity index (χ0n) is 19.4.